The van der Waals surface area contributed by atoms with Gasteiger partial charge in [-0.3, -0.25) is 9.59 Å². The minimum absolute atomic E-state index is 0.233. The average molecular weight is 440 g/mol. The van der Waals surface area contributed by atoms with Gasteiger partial charge in [0.05, 0.1) is 6.04 Å². The summed E-state index contributed by atoms with van der Waals surface area (Å²) in [6.45, 7) is 8.06. The van der Waals surface area contributed by atoms with E-state index in [0.717, 1.165) is 16.0 Å². The molecule has 172 valence electrons. The second-order valence-corrected chi connectivity index (χ2v) is 9.28. The Morgan fingerprint density at radius 1 is 1.16 bits per heavy atom. The van der Waals surface area contributed by atoms with Gasteiger partial charge in [0.2, 0.25) is 5.91 Å². The molecule has 0 bridgehead atoms. The Kier molecular flexibility index (Phi) is 7.92. The van der Waals surface area contributed by atoms with E-state index in [0.29, 0.717) is 19.5 Å². The lowest BCUT2D eigenvalue weighted by Crippen LogP contribution is -2.52. The highest BCUT2D eigenvalue weighted by Crippen LogP contribution is 2.29. The third-order valence-corrected chi connectivity index (χ3v) is 5.29. The summed E-state index contributed by atoms with van der Waals surface area (Å²) in [7, 11) is 0. The smallest absolute Gasteiger partial charge is 0.330 e. The van der Waals surface area contributed by atoms with Crippen LogP contribution in [0.5, 0.6) is 0 Å². The standard InChI is InChI=1S/C23H32F3N3O2/c1-5-18(27)15-29(21(31)23(24,25)26)19(12-22(2,3)4)10-11-20(30)28-13-16-8-6-7-9-17(16)14-28/h6-11,18-19H,5,12-15,27H2,1-4H3/b11-10+/t18-,19+/m0/s1. The Morgan fingerprint density at radius 2 is 1.71 bits per heavy atom. The summed E-state index contributed by atoms with van der Waals surface area (Å²) in [4.78, 5) is 27.3. The molecule has 0 unspecified atom stereocenters. The van der Waals surface area contributed by atoms with E-state index in [9.17, 15) is 22.8 Å². The second kappa shape index (κ2) is 9.85. The van der Waals surface area contributed by atoms with Crippen LogP contribution in [-0.2, 0) is 22.7 Å². The van der Waals surface area contributed by atoms with Crippen molar-refractivity contribution in [3.63, 3.8) is 0 Å². The molecule has 2 amide bonds. The number of nitrogens with zero attached hydrogens (tertiary/aromatic N) is 2. The molecule has 0 fully saturated rings. The summed E-state index contributed by atoms with van der Waals surface area (Å²) in [6.07, 6.45) is -1.62. The molecular weight excluding hydrogens is 407 g/mol. The van der Waals surface area contributed by atoms with Gasteiger partial charge in [-0.2, -0.15) is 13.2 Å². The Labute approximate surface area is 182 Å². The van der Waals surface area contributed by atoms with Crippen LogP contribution in [0.25, 0.3) is 0 Å². The number of hydrogen-bond donors (Lipinski definition) is 1. The van der Waals surface area contributed by atoms with Crippen molar-refractivity contribution in [3.8, 4) is 0 Å². The van der Waals surface area contributed by atoms with Crippen molar-refractivity contribution in [3.05, 3.63) is 47.5 Å². The lowest BCUT2D eigenvalue weighted by Gasteiger charge is -2.36. The minimum atomic E-state index is -5.02. The molecule has 0 saturated carbocycles. The molecule has 2 atom stereocenters. The minimum Gasteiger partial charge on any atom is -0.330 e. The highest BCUT2D eigenvalue weighted by atomic mass is 19.4. The van der Waals surface area contributed by atoms with E-state index in [2.05, 4.69) is 0 Å². The fraction of sp³-hybridized carbons (Fsp3) is 0.565. The van der Waals surface area contributed by atoms with E-state index in [1.165, 1.54) is 12.2 Å². The number of nitrogens with two attached hydrogens (primary N) is 1. The maximum atomic E-state index is 13.3. The Hall–Kier alpha value is -2.35. The number of benzene rings is 1. The van der Waals surface area contributed by atoms with E-state index in [1.807, 2.05) is 45.0 Å². The van der Waals surface area contributed by atoms with E-state index in [-0.39, 0.29) is 24.3 Å². The van der Waals surface area contributed by atoms with Gasteiger partial charge in [0, 0.05) is 31.8 Å². The van der Waals surface area contributed by atoms with Crippen molar-refractivity contribution in [2.75, 3.05) is 6.54 Å². The quantitative estimate of drug-likeness (QED) is 0.653. The lowest BCUT2D eigenvalue weighted by atomic mass is 9.87. The molecule has 1 aromatic rings. The molecule has 31 heavy (non-hydrogen) atoms. The molecule has 1 aromatic carbocycles. The number of amides is 2. The van der Waals surface area contributed by atoms with E-state index < -0.39 is 24.2 Å². The van der Waals surface area contributed by atoms with E-state index in [1.54, 1.807) is 11.8 Å². The van der Waals surface area contributed by atoms with Crippen LogP contribution in [0.15, 0.2) is 36.4 Å². The average Bonchev–Trinajstić information content (AvgIpc) is 3.11. The summed E-state index contributed by atoms with van der Waals surface area (Å²) >= 11 is 0. The van der Waals surface area contributed by atoms with Gasteiger partial charge < -0.3 is 15.5 Å². The van der Waals surface area contributed by atoms with Gasteiger partial charge in [-0.1, -0.05) is 58.0 Å². The van der Waals surface area contributed by atoms with Gasteiger partial charge in [-0.05, 0) is 29.4 Å². The number of fused-ring (bicyclic) bond motifs is 1. The molecular formula is C23H32F3N3O2. The maximum absolute atomic E-state index is 13.3. The SMILES string of the molecule is CC[C@H](N)CN(C(=O)C(F)(F)F)[C@H](/C=C/C(=O)N1Cc2ccccc2C1)CC(C)(C)C. The van der Waals surface area contributed by atoms with Crippen LogP contribution in [-0.4, -0.2) is 46.4 Å². The molecule has 5 nitrogen and oxygen atoms in total. The summed E-state index contributed by atoms with van der Waals surface area (Å²) < 4.78 is 39.9. The highest BCUT2D eigenvalue weighted by molar-refractivity contribution is 5.88. The van der Waals surface area contributed by atoms with Crippen molar-refractivity contribution in [1.82, 2.24) is 9.80 Å². The fourth-order valence-corrected chi connectivity index (χ4v) is 3.61. The number of rotatable bonds is 7. The Balaban J connectivity index is 2.26. The van der Waals surface area contributed by atoms with Gasteiger partial charge in [0.25, 0.3) is 0 Å². The normalized spacial score (nSPS) is 16.3. The monoisotopic (exact) mass is 439 g/mol. The first-order valence-electron chi connectivity index (χ1n) is 10.5. The van der Waals surface area contributed by atoms with Gasteiger partial charge >= 0.3 is 12.1 Å². The van der Waals surface area contributed by atoms with E-state index >= 15 is 0 Å². The van der Waals surface area contributed by atoms with Crippen molar-refractivity contribution in [2.45, 2.75) is 71.9 Å². The van der Waals surface area contributed by atoms with Crippen LogP contribution < -0.4 is 5.73 Å². The molecule has 2 rings (SSSR count). The molecule has 1 heterocycles. The molecule has 0 aromatic heterocycles. The van der Waals surface area contributed by atoms with Gasteiger partial charge in [-0.15, -0.1) is 0 Å². The van der Waals surface area contributed by atoms with Crippen LogP contribution in [0.1, 0.15) is 51.7 Å². The van der Waals surface area contributed by atoms with Crippen LogP contribution in [0, 0.1) is 5.41 Å². The molecule has 0 spiro atoms. The summed E-state index contributed by atoms with van der Waals surface area (Å²) in [5.41, 5.74) is 7.64. The summed E-state index contributed by atoms with van der Waals surface area (Å²) in [5, 5.41) is 0. The van der Waals surface area contributed by atoms with Crippen LogP contribution >= 0.6 is 0 Å². The first-order valence-corrected chi connectivity index (χ1v) is 10.5. The zero-order valence-electron chi connectivity index (χ0n) is 18.6. The molecule has 1 aliphatic rings. The van der Waals surface area contributed by atoms with Crippen LogP contribution in [0.3, 0.4) is 0 Å². The van der Waals surface area contributed by atoms with Crippen molar-refractivity contribution in [1.29, 1.82) is 0 Å². The third-order valence-electron chi connectivity index (χ3n) is 5.29. The molecule has 0 saturated heterocycles. The van der Waals surface area contributed by atoms with E-state index in [4.69, 9.17) is 5.73 Å². The third kappa shape index (κ3) is 7.09. The lowest BCUT2D eigenvalue weighted by molar-refractivity contribution is -0.187. The predicted octanol–water partition coefficient (Wildman–Crippen LogP) is 4.02. The van der Waals surface area contributed by atoms with Gasteiger partial charge in [-0.25, -0.2) is 0 Å². The Bertz CT molecular complexity index is 790. The largest absolute Gasteiger partial charge is 0.471 e. The number of alkyl halides is 3. The van der Waals surface area contributed by atoms with Crippen molar-refractivity contribution >= 4 is 11.8 Å². The predicted molar refractivity (Wildman–Crippen MR) is 114 cm³/mol. The molecule has 2 N–H and O–H groups in total. The topological polar surface area (TPSA) is 66.6 Å². The summed E-state index contributed by atoms with van der Waals surface area (Å²) in [6, 6.07) is 6.21. The number of hydrogen-bond acceptors (Lipinski definition) is 3. The van der Waals surface area contributed by atoms with Crippen LogP contribution in [0.2, 0.25) is 0 Å². The maximum Gasteiger partial charge on any atom is 0.471 e. The van der Waals surface area contributed by atoms with Crippen molar-refractivity contribution in [2.24, 2.45) is 11.1 Å². The second-order valence-electron chi connectivity index (χ2n) is 9.28. The number of carbonyl (C=O) groups is 2. The van der Waals surface area contributed by atoms with Gasteiger partial charge in [0.15, 0.2) is 0 Å². The first kappa shape index (κ1) is 24.9. The zero-order chi connectivity index (χ0) is 23.4. The van der Waals surface area contributed by atoms with Gasteiger partial charge in [0.1, 0.15) is 0 Å². The highest BCUT2D eigenvalue weighted by Gasteiger charge is 2.45. The zero-order valence-corrected chi connectivity index (χ0v) is 18.6. The van der Waals surface area contributed by atoms with Crippen LogP contribution in [0.4, 0.5) is 13.2 Å². The fourth-order valence-electron chi connectivity index (χ4n) is 3.61. The molecule has 0 aliphatic carbocycles. The Morgan fingerprint density at radius 3 is 2.16 bits per heavy atom. The summed E-state index contributed by atoms with van der Waals surface area (Å²) in [5.74, 6) is -2.23. The van der Waals surface area contributed by atoms with Crippen molar-refractivity contribution < 1.29 is 22.8 Å². The number of carbonyl (C=O) groups excluding carboxylic acids is 2. The molecule has 1 aliphatic heterocycles. The first-order chi connectivity index (χ1) is 14.3. The molecule has 0 radical (unpaired) electrons. The molecule has 8 heteroatoms. The number of halogens is 3.